The van der Waals surface area contributed by atoms with Crippen LogP contribution >= 0.6 is 11.6 Å². The summed E-state index contributed by atoms with van der Waals surface area (Å²) < 4.78 is 0. The maximum Gasteiger partial charge on any atom is 0.273 e. The third-order valence-electron chi connectivity index (χ3n) is 3.80. The van der Waals surface area contributed by atoms with Crippen molar-refractivity contribution in [2.45, 2.75) is 32.1 Å². The Labute approximate surface area is 124 Å². The summed E-state index contributed by atoms with van der Waals surface area (Å²) in [5, 5.41) is 0.351. The number of halogens is 1. The number of rotatable bonds is 4. The first kappa shape index (κ1) is 15.1. The van der Waals surface area contributed by atoms with Crippen molar-refractivity contribution in [2.75, 3.05) is 19.0 Å². The van der Waals surface area contributed by atoms with Gasteiger partial charge < -0.3 is 10.3 Å². The summed E-state index contributed by atoms with van der Waals surface area (Å²) in [5.41, 5.74) is 2.68. The number of anilines is 1. The van der Waals surface area contributed by atoms with Crippen molar-refractivity contribution in [3.8, 4) is 0 Å². The van der Waals surface area contributed by atoms with Crippen LogP contribution in [0, 0.1) is 5.92 Å². The Hall–Kier alpha value is -1.33. The topological polar surface area (TPSA) is 71.2 Å². The quantitative estimate of drug-likeness (QED) is 0.662. The van der Waals surface area contributed by atoms with Crippen LogP contribution in [0.2, 0.25) is 5.02 Å². The van der Waals surface area contributed by atoms with Gasteiger partial charge in [-0.3, -0.25) is 4.79 Å². The van der Waals surface area contributed by atoms with Gasteiger partial charge in [-0.15, -0.1) is 0 Å². The smallest absolute Gasteiger partial charge is 0.273 e. The van der Waals surface area contributed by atoms with Crippen LogP contribution < -0.4 is 11.3 Å². The highest BCUT2D eigenvalue weighted by molar-refractivity contribution is 6.33. The molecule has 1 heterocycles. The summed E-state index contributed by atoms with van der Waals surface area (Å²) in [6.07, 6.45) is 6.23. The molecule has 1 saturated carbocycles. The second kappa shape index (κ2) is 6.90. The van der Waals surface area contributed by atoms with Crippen LogP contribution in [0.3, 0.4) is 0 Å². The molecule has 0 saturated heterocycles. The zero-order valence-corrected chi connectivity index (χ0v) is 12.5. The molecule has 0 spiro atoms. The second-order valence-corrected chi connectivity index (χ2v) is 5.77. The van der Waals surface area contributed by atoms with E-state index in [0.29, 0.717) is 16.8 Å². The molecule has 0 bridgehead atoms. The van der Waals surface area contributed by atoms with Gasteiger partial charge in [0.05, 0.1) is 5.02 Å². The molecule has 2 rings (SSSR count). The number of nitrogen functional groups attached to an aromatic ring is 1. The van der Waals surface area contributed by atoms with E-state index in [-0.39, 0.29) is 11.6 Å². The van der Waals surface area contributed by atoms with Gasteiger partial charge in [0.25, 0.3) is 5.91 Å². The summed E-state index contributed by atoms with van der Waals surface area (Å²) in [6.45, 7) is 0.761. The van der Waals surface area contributed by atoms with Gasteiger partial charge in [0.2, 0.25) is 0 Å². The zero-order chi connectivity index (χ0) is 14.5. The van der Waals surface area contributed by atoms with Crippen molar-refractivity contribution in [3.05, 3.63) is 22.8 Å². The van der Waals surface area contributed by atoms with Crippen LogP contribution in [0.5, 0.6) is 0 Å². The Balaban J connectivity index is 2.05. The van der Waals surface area contributed by atoms with Crippen LogP contribution in [-0.2, 0) is 0 Å². The van der Waals surface area contributed by atoms with Crippen molar-refractivity contribution in [2.24, 2.45) is 11.8 Å². The molecule has 1 aliphatic rings. The fraction of sp³-hybridized carbons (Fsp3) is 0.571. The summed E-state index contributed by atoms with van der Waals surface area (Å²) in [5.74, 6) is 6.18. The van der Waals surface area contributed by atoms with E-state index in [2.05, 4.69) is 10.4 Å². The third kappa shape index (κ3) is 3.61. The van der Waals surface area contributed by atoms with E-state index in [0.717, 1.165) is 6.54 Å². The third-order valence-corrected chi connectivity index (χ3v) is 4.10. The lowest BCUT2D eigenvalue weighted by Gasteiger charge is -2.27. The molecule has 1 aromatic heterocycles. The average Bonchev–Trinajstić information content (AvgIpc) is 2.48. The van der Waals surface area contributed by atoms with Crippen LogP contribution in [0.25, 0.3) is 0 Å². The standard InChI is InChI=1S/C14H21ClN4O/c1-19(9-10-5-3-2-4-6-10)14(20)13-11(15)7-8-12(17-13)18-16/h7-8,10H,2-6,9,16H2,1H3,(H,17,18). The van der Waals surface area contributed by atoms with Gasteiger partial charge in [0, 0.05) is 13.6 Å². The first-order valence-electron chi connectivity index (χ1n) is 7.00. The number of nitrogens with two attached hydrogens (primary N) is 1. The molecule has 5 nitrogen and oxygen atoms in total. The number of pyridine rings is 1. The molecule has 1 fully saturated rings. The largest absolute Gasteiger partial charge is 0.340 e. The van der Waals surface area contributed by atoms with Crippen LogP contribution in [0.1, 0.15) is 42.6 Å². The van der Waals surface area contributed by atoms with Crippen molar-refractivity contribution < 1.29 is 4.79 Å². The number of hydrogen-bond acceptors (Lipinski definition) is 4. The fourth-order valence-electron chi connectivity index (χ4n) is 2.69. The van der Waals surface area contributed by atoms with Crippen LogP contribution in [0.15, 0.2) is 12.1 Å². The Bertz CT molecular complexity index is 474. The van der Waals surface area contributed by atoms with Crippen LogP contribution in [0.4, 0.5) is 5.82 Å². The molecule has 1 amide bonds. The van der Waals surface area contributed by atoms with Gasteiger partial charge in [-0.2, -0.15) is 0 Å². The Kier molecular flexibility index (Phi) is 5.20. The van der Waals surface area contributed by atoms with E-state index in [4.69, 9.17) is 17.4 Å². The molecule has 110 valence electrons. The first-order chi connectivity index (χ1) is 9.61. The van der Waals surface area contributed by atoms with E-state index in [1.54, 1.807) is 24.1 Å². The lowest BCUT2D eigenvalue weighted by Crippen LogP contribution is -2.33. The highest BCUT2D eigenvalue weighted by atomic mass is 35.5. The number of carbonyl (C=O) groups is 1. The molecule has 3 N–H and O–H groups in total. The van der Waals surface area contributed by atoms with Crippen molar-refractivity contribution >= 4 is 23.3 Å². The minimum Gasteiger partial charge on any atom is -0.340 e. The fourth-order valence-corrected chi connectivity index (χ4v) is 2.88. The molecule has 0 aliphatic heterocycles. The molecule has 0 aromatic carbocycles. The molecular formula is C14H21ClN4O. The molecule has 1 aromatic rings. The summed E-state index contributed by atoms with van der Waals surface area (Å²) in [6, 6.07) is 3.27. The number of carbonyl (C=O) groups excluding carboxylic acids is 1. The van der Waals surface area contributed by atoms with Gasteiger partial charge >= 0.3 is 0 Å². The highest BCUT2D eigenvalue weighted by Gasteiger charge is 2.21. The predicted molar refractivity (Wildman–Crippen MR) is 80.6 cm³/mol. The monoisotopic (exact) mass is 296 g/mol. The summed E-state index contributed by atoms with van der Waals surface area (Å²) in [4.78, 5) is 18.3. The van der Waals surface area contributed by atoms with Crippen molar-refractivity contribution in [1.29, 1.82) is 0 Å². The number of nitrogens with zero attached hydrogens (tertiary/aromatic N) is 2. The van der Waals surface area contributed by atoms with Crippen molar-refractivity contribution in [3.63, 3.8) is 0 Å². The number of aromatic nitrogens is 1. The molecule has 1 aliphatic carbocycles. The molecular weight excluding hydrogens is 276 g/mol. The summed E-state index contributed by atoms with van der Waals surface area (Å²) in [7, 11) is 1.80. The molecule has 0 atom stereocenters. The van der Waals surface area contributed by atoms with E-state index in [1.807, 2.05) is 0 Å². The van der Waals surface area contributed by atoms with E-state index in [9.17, 15) is 4.79 Å². The van der Waals surface area contributed by atoms with Gasteiger partial charge in [0.15, 0.2) is 0 Å². The van der Waals surface area contributed by atoms with E-state index < -0.39 is 0 Å². The van der Waals surface area contributed by atoms with Crippen molar-refractivity contribution in [1.82, 2.24) is 9.88 Å². The first-order valence-corrected chi connectivity index (χ1v) is 7.38. The minimum atomic E-state index is -0.155. The SMILES string of the molecule is CN(CC1CCCCC1)C(=O)c1nc(NN)ccc1Cl. The number of hydrazine groups is 1. The molecule has 20 heavy (non-hydrogen) atoms. The van der Waals surface area contributed by atoms with Gasteiger partial charge in [-0.05, 0) is 30.9 Å². The maximum atomic E-state index is 12.4. The Morgan fingerprint density at radius 2 is 2.15 bits per heavy atom. The highest BCUT2D eigenvalue weighted by Crippen LogP contribution is 2.25. The second-order valence-electron chi connectivity index (χ2n) is 5.36. The van der Waals surface area contributed by atoms with Crippen LogP contribution in [-0.4, -0.2) is 29.4 Å². The minimum absolute atomic E-state index is 0.155. The number of nitrogens with one attached hydrogen (secondary N) is 1. The Morgan fingerprint density at radius 1 is 1.45 bits per heavy atom. The summed E-state index contributed by atoms with van der Waals surface area (Å²) >= 11 is 6.06. The molecule has 0 radical (unpaired) electrons. The molecule has 6 heteroatoms. The lowest BCUT2D eigenvalue weighted by molar-refractivity contribution is 0.0755. The maximum absolute atomic E-state index is 12.4. The Morgan fingerprint density at radius 3 is 2.80 bits per heavy atom. The van der Waals surface area contributed by atoms with E-state index >= 15 is 0 Å². The molecule has 0 unspecified atom stereocenters. The van der Waals surface area contributed by atoms with Gasteiger partial charge in [-0.25, -0.2) is 10.8 Å². The normalized spacial score (nSPS) is 15.9. The van der Waals surface area contributed by atoms with Gasteiger partial charge in [0.1, 0.15) is 11.5 Å². The number of amides is 1. The predicted octanol–water partition coefficient (Wildman–Crippen LogP) is 2.67. The van der Waals surface area contributed by atoms with Gasteiger partial charge in [-0.1, -0.05) is 30.9 Å². The number of hydrogen-bond donors (Lipinski definition) is 2. The van der Waals surface area contributed by atoms with E-state index in [1.165, 1.54) is 32.1 Å². The zero-order valence-electron chi connectivity index (χ0n) is 11.7. The lowest BCUT2D eigenvalue weighted by atomic mass is 9.89. The average molecular weight is 297 g/mol.